The van der Waals surface area contributed by atoms with Gasteiger partial charge in [0.05, 0.1) is 0 Å². The zero-order valence-corrected chi connectivity index (χ0v) is 10.5. The van der Waals surface area contributed by atoms with Crippen LogP contribution in [0.2, 0.25) is 0 Å². The van der Waals surface area contributed by atoms with Crippen molar-refractivity contribution in [3.8, 4) is 0 Å². The molecule has 0 saturated carbocycles. The van der Waals surface area contributed by atoms with Crippen LogP contribution in [0.3, 0.4) is 0 Å². The van der Waals surface area contributed by atoms with E-state index in [1.165, 1.54) is 12.5 Å². The maximum atomic E-state index is 13.3. The van der Waals surface area contributed by atoms with Crippen LogP contribution in [0.25, 0.3) is 0 Å². The van der Waals surface area contributed by atoms with Gasteiger partial charge >= 0.3 is 0 Å². The number of hydrogen-bond donors (Lipinski definition) is 1. The fourth-order valence-corrected chi connectivity index (χ4v) is 2.39. The Morgan fingerprint density at radius 2 is 2.12 bits per heavy atom. The summed E-state index contributed by atoms with van der Waals surface area (Å²) in [5.74, 6) is -0.257. The lowest BCUT2D eigenvalue weighted by molar-refractivity contribution is 0.258. The van der Waals surface area contributed by atoms with Crippen LogP contribution < -0.4 is 10.6 Å². The highest BCUT2D eigenvalue weighted by Crippen LogP contribution is 2.24. The number of rotatable bonds is 2. The minimum atomic E-state index is -0.257. The molecule has 2 N–H and O–H groups in total. The smallest absolute Gasteiger partial charge is 0.127 e. The largest absolute Gasteiger partial charge is 0.399 e. The van der Waals surface area contributed by atoms with E-state index in [0.717, 1.165) is 25.2 Å². The molecule has 0 aromatic heterocycles. The van der Waals surface area contributed by atoms with Gasteiger partial charge in [-0.05, 0) is 45.1 Å². The molecule has 0 amide bonds. The molecule has 3 nitrogen and oxygen atoms in total. The maximum Gasteiger partial charge on any atom is 0.127 e. The van der Waals surface area contributed by atoms with Gasteiger partial charge in [-0.2, -0.15) is 0 Å². The summed E-state index contributed by atoms with van der Waals surface area (Å²) in [6, 6.07) is 5.31. The van der Waals surface area contributed by atoms with Gasteiger partial charge in [0.1, 0.15) is 5.82 Å². The van der Waals surface area contributed by atoms with Crippen LogP contribution in [0.15, 0.2) is 18.2 Å². The number of nitrogen functional groups attached to an aromatic ring is 1. The van der Waals surface area contributed by atoms with E-state index in [9.17, 15) is 4.39 Å². The summed E-state index contributed by atoms with van der Waals surface area (Å²) in [6.45, 7) is 1.92. The average molecular weight is 237 g/mol. The van der Waals surface area contributed by atoms with E-state index in [4.69, 9.17) is 5.73 Å². The molecule has 94 valence electrons. The normalized spacial score (nSPS) is 20.9. The van der Waals surface area contributed by atoms with E-state index in [2.05, 4.69) is 23.9 Å². The fraction of sp³-hybridized carbons (Fsp3) is 0.538. The zero-order valence-electron chi connectivity index (χ0n) is 10.5. The molecule has 0 radical (unpaired) electrons. The van der Waals surface area contributed by atoms with Crippen molar-refractivity contribution in [3.05, 3.63) is 24.0 Å². The van der Waals surface area contributed by atoms with Crippen molar-refractivity contribution in [2.45, 2.75) is 18.9 Å². The van der Waals surface area contributed by atoms with Gasteiger partial charge in [-0.25, -0.2) is 4.39 Å². The lowest BCUT2D eigenvalue weighted by atomic mass is 10.0. The first-order valence-corrected chi connectivity index (χ1v) is 6.03. The van der Waals surface area contributed by atoms with Crippen LogP contribution in [0.4, 0.5) is 15.8 Å². The summed E-state index contributed by atoms with van der Waals surface area (Å²) >= 11 is 0. The fourth-order valence-electron chi connectivity index (χ4n) is 2.39. The third-order valence-electron chi connectivity index (χ3n) is 3.40. The van der Waals surface area contributed by atoms with Crippen LogP contribution >= 0.6 is 0 Å². The molecule has 0 aliphatic carbocycles. The molecule has 0 spiro atoms. The van der Waals surface area contributed by atoms with Crippen LogP contribution in [-0.2, 0) is 0 Å². The molecule has 0 bridgehead atoms. The summed E-state index contributed by atoms with van der Waals surface area (Å²) in [6.07, 6.45) is 2.34. The second-order valence-electron chi connectivity index (χ2n) is 4.95. The van der Waals surface area contributed by atoms with Gasteiger partial charge in [0.2, 0.25) is 0 Å². The van der Waals surface area contributed by atoms with Crippen LogP contribution in [0, 0.1) is 5.82 Å². The molecule has 17 heavy (non-hydrogen) atoms. The van der Waals surface area contributed by atoms with E-state index in [1.54, 1.807) is 6.07 Å². The molecule has 1 saturated heterocycles. The Balaban J connectivity index is 2.16. The SMILES string of the molecule is CN(C)C1CCCN(c2cc(N)cc(F)c2)C1. The molecule has 1 aromatic rings. The minimum Gasteiger partial charge on any atom is -0.399 e. The zero-order chi connectivity index (χ0) is 12.4. The Kier molecular flexibility index (Phi) is 3.52. The second kappa shape index (κ2) is 4.92. The van der Waals surface area contributed by atoms with Crippen molar-refractivity contribution < 1.29 is 4.39 Å². The summed E-state index contributed by atoms with van der Waals surface area (Å²) in [5, 5.41) is 0. The number of nitrogens with two attached hydrogens (primary N) is 1. The number of halogens is 1. The quantitative estimate of drug-likeness (QED) is 0.798. The van der Waals surface area contributed by atoms with Crippen LogP contribution in [-0.4, -0.2) is 38.1 Å². The monoisotopic (exact) mass is 237 g/mol. The molecule has 1 heterocycles. The first kappa shape index (κ1) is 12.2. The third-order valence-corrected chi connectivity index (χ3v) is 3.40. The minimum absolute atomic E-state index is 0.257. The van der Waals surface area contributed by atoms with Gasteiger partial charge in [-0.15, -0.1) is 0 Å². The molecule has 1 unspecified atom stereocenters. The van der Waals surface area contributed by atoms with Gasteiger partial charge < -0.3 is 15.5 Å². The molecule has 4 heteroatoms. The van der Waals surface area contributed by atoms with E-state index in [-0.39, 0.29) is 5.82 Å². The topological polar surface area (TPSA) is 32.5 Å². The van der Waals surface area contributed by atoms with Gasteiger partial charge in [-0.1, -0.05) is 0 Å². The molecular weight excluding hydrogens is 217 g/mol. The Morgan fingerprint density at radius 1 is 1.35 bits per heavy atom. The summed E-state index contributed by atoms with van der Waals surface area (Å²) in [4.78, 5) is 4.45. The first-order valence-electron chi connectivity index (χ1n) is 6.03. The van der Waals surface area contributed by atoms with Crippen molar-refractivity contribution in [3.63, 3.8) is 0 Å². The second-order valence-corrected chi connectivity index (χ2v) is 4.95. The molecular formula is C13H20FN3. The van der Waals surface area contributed by atoms with Crippen LogP contribution in [0.5, 0.6) is 0 Å². The number of anilines is 2. The van der Waals surface area contributed by atoms with Gasteiger partial charge in [0, 0.05) is 30.5 Å². The standard InChI is InChI=1S/C13H20FN3/c1-16(2)12-4-3-5-17(9-12)13-7-10(14)6-11(15)8-13/h6-8,12H,3-5,9,15H2,1-2H3. The van der Waals surface area contributed by atoms with Crippen LogP contribution in [0.1, 0.15) is 12.8 Å². The van der Waals surface area contributed by atoms with Gasteiger partial charge in [-0.3, -0.25) is 0 Å². The molecule has 1 aliphatic rings. The van der Waals surface area contributed by atoms with Gasteiger partial charge in [0.25, 0.3) is 0 Å². The Bertz CT molecular complexity index is 372. The molecule has 1 aromatic carbocycles. The lowest BCUT2D eigenvalue weighted by Gasteiger charge is -2.37. The summed E-state index contributed by atoms with van der Waals surface area (Å²) in [5.41, 5.74) is 7.07. The van der Waals surface area contributed by atoms with Crippen molar-refractivity contribution in [1.82, 2.24) is 4.90 Å². The highest BCUT2D eigenvalue weighted by molar-refractivity contribution is 5.56. The molecule has 1 aliphatic heterocycles. The first-order chi connectivity index (χ1) is 8.06. The molecule has 1 atom stereocenters. The number of likely N-dealkylation sites (N-methyl/N-ethyl adjacent to an activating group) is 1. The number of hydrogen-bond acceptors (Lipinski definition) is 3. The average Bonchev–Trinajstić information content (AvgIpc) is 2.28. The van der Waals surface area contributed by atoms with Crippen molar-refractivity contribution in [2.24, 2.45) is 0 Å². The van der Waals surface area contributed by atoms with Crippen molar-refractivity contribution in [1.29, 1.82) is 0 Å². The van der Waals surface area contributed by atoms with Crippen molar-refractivity contribution >= 4 is 11.4 Å². The van der Waals surface area contributed by atoms with Gasteiger partial charge in [0.15, 0.2) is 0 Å². The number of benzene rings is 1. The Hall–Kier alpha value is -1.29. The highest BCUT2D eigenvalue weighted by atomic mass is 19.1. The molecule has 2 rings (SSSR count). The lowest BCUT2D eigenvalue weighted by Crippen LogP contribution is -2.45. The Labute approximate surface area is 102 Å². The van der Waals surface area contributed by atoms with Crippen molar-refractivity contribution in [2.75, 3.05) is 37.8 Å². The highest BCUT2D eigenvalue weighted by Gasteiger charge is 2.21. The van der Waals surface area contributed by atoms with E-state index >= 15 is 0 Å². The number of piperidine rings is 1. The Morgan fingerprint density at radius 3 is 2.76 bits per heavy atom. The third kappa shape index (κ3) is 2.88. The predicted molar refractivity (Wildman–Crippen MR) is 69.7 cm³/mol. The maximum absolute atomic E-state index is 13.3. The number of nitrogens with zero attached hydrogens (tertiary/aromatic N) is 2. The van der Waals surface area contributed by atoms with E-state index in [0.29, 0.717) is 11.7 Å². The van der Waals surface area contributed by atoms with E-state index in [1.807, 2.05) is 6.07 Å². The molecule has 1 fully saturated rings. The van der Waals surface area contributed by atoms with E-state index < -0.39 is 0 Å². The summed E-state index contributed by atoms with van der Waals surface area (Å²) in [7, 11) is 4.18. The summed E-state index contributed by atoms with van der Waals surface area (Å²) < 4.78 is 13.3. The predicted octanol–water partition coefficient (Wildman–Crippen LogP) is 1.94.